The van der Waals surface area contributed by atoms with Gasteiger partial charge in [-0.3, -0.25) is 9.59 Å². The Balaban J connectivity index is 2.25. The van der Waals surface area contributed by atoms with E-state index in [0.717, 1.165) is 18.2 Å². The van der Waals surface area contributed by atoms with Gasteiger partial charge in [0.05, 0.1) is 17.3 Å². The predicted octanol–water partition coefficient (Wildman–Crippen LogP) is 3.53. The molecule has 0 spiro atoms. The van der Waals surface area contributed by atoms with E-state index in [1.807, 2.05) is 0 Å². The van der Waals surface area contributed by atoms with E-state index < -0.39 is 36.2 Å². The molecule has 4 nitrogen and oxygen atoms in total. The Morgan fingerprint density at radius 1 is 1.16 bits per heavy atom. The number of para-hydroxylation sites is 1. The van der Waals surface area contributed by atoms with Crippen LogP contribution in [0.5, 0.6) is 0 Å². The minimum Gasteiger partial charge on any atom is -0.342 e. The first kappa shape index (κ1) is 18.3. The molecule has 0 aliphatic rings. The molecule has 0 saturated heterocycles. The molecule has 0 aromatic heterocycles. The summed E-state index contributed by atoms with van der Waals surface area (Å²) in [5, 5.41) is 4.79. The molecule has 0 radical (unpaired) electrons. The number of halogens is 3. The summed E-state index contributed by atoms with van der Waals surface area (Å²) in [4.78, 5) is 23.8. The van der Waals surface area contributed by atoms with Crippen molar-refractivity contribution in [2.45, 2.75) is 6.04 Å². The van der Waals surface area contributed by atoms with E-state index >= 15 is 0 Å². The fourth-order valence-electron chi connectivity index (χ4n) is 2.19. The summed E-state index contributed by atoms with van der Waals surface area (Å²) in [6.45, 7) is 2.23. The Labute approximate surface area is 142 Å². The lowest BCUT2D eigenvalue weighted by atomic mass is 10.1. The van der Waals surface area contributed by atoms with Crippen molar-refractivity contribution in [3.8, 4) is 0 Å². The minimum absolute atomic E-state index is 0.0682. The SMILES string of the molecule is C=CC(=O)Nc1ccccc1C(=O)NC(CF)c1ccc(F)cc1F. The number of anilines is 1. The third kappa shape index (κ3) is 4.47. The quantitative estimate of drug-likeness (QED) is 0.785. The Kier molecular flexibility index (Phi) is 5.94. The number of hydrogen-bond donors (Lipinski definition) is 2. The van der Waals surface area contributed by atoms with Crippen LogP contribution in [0.4, 0.5) is 18.9 Å². The maximum absolute atomic E-state index is 13.8. The van der Waals surface area contributed by atoms with Crippen LogP contribution in [-0.2, 0) is 4.79 Å². The van der Waals surface area contributed by atoms with Crippen molar-refractivity contribution in [2.24, 2.45) is 0 Å². The van der Waals surface area contributed by atoms with Crippen LogP contribution in [0, 0.1) is 11.6 Å². The van der Waals surface area contributed by atoms with Crippen LogP contribution in [0.25, 0.3) is 0 Å². The molecule has 2 N–H and O–H groups in total. The van der Waals surface area contributed by atoms with E-state index in [-0.39, 0.29) is 16.8 Å². The number of carbonyl (C=O) groups excluding carboxylic acids is 2. The van der Waals surface area contributed by atoms with E-state index in [1.165, 1.54) is 12.1 Å². The molecule has 0 aliphatic carbocycles. The number of amides is 2. The molecule has 0 bridgehead atoms. The van der Waals surface area contributed by atoms with Crippen LogP contribution in [0.2, 0.25) is 0 Å². The third-order valence-corrected chi connectivity index (χ3v) is 3.41. The summed E-state index contributed by atoms with van der Waals surface area (Å²) in [6, 6.07) is 7.43. The Bertz CT molecular complexity index is 809. The first-order chi connectivity index (χ1) is 12.0. The van der Waals surface area contributed by atoms with Crippen LogP contribution in [0.1, 0.15) is 22.0 Å². The number of alkyl halides is 1. The summed E-state index contributed by atoms with van der Waals surface area (Å²) in [7, 11) is 0. The zero-order chi connectivity index (χ0) is 18.4. The van der Waals surface area contributed by atoms with Gasteiger partial charge >= 0.3 is 0 Å². The standard InChI is InChI=1S/C18H15F3N2O2/c1-2-17(24)22-15-6-4-3-5-13(15)18(25)23-16(10-19)12-8-7-11(20)9-14(12)21/h2-9,16H,1,10H2,(H,22,24)(H,23,25). The summed E-state index contributed by atoms with van der Waals surface area (Å²) >= 11 is 0. The van der Waals surface area contributed by atoms with E-state index in [0.29, 0.717) is 6.07 Å². The van der Waals surface area contributed by atoms with Gasteiger partial charge in [0.1, 0.15) is 18.3 Å². The average Bonchev–Trinajstić information content (AvgIpc) is 2.60. The fourth-order valence-corrected chi connectivity index (χ4v) is 2.19. The smallest absolute Gasteiger partial charge is 0.253 e. The zero-order valence-corrected chi connectivity index (χ0v) is 13.1. The number of hydrogen-bond acceptors (Lipinski definition) is 2. The molecule has 1 atom stereocenters. The molecular weight excluding hydrogens is 333 g/mol. The summed E-state index contributed by atoms with van der Waals surface area (Å²) in [6.07, 6.45) is 1.03. The van der Waals surface area contributed by atoms with Crippen molar-refractivity contribution < 1.29 is 22.8 Å². The minimum atomic E-state index is -1.30. The van der Waals surface area contributed by atoms with Crippen molar-refractivity contribution in [2.75, 3.05) is 12.0 Å². The number of benzene rings is 2. The van der Waals surface area contributed by atoms with Crippen LogP contribution in [0.3, 0.4) is 0 Å². The lowest BCUT2D eigenvalue weighted by Gasteiger charge is -2.18. The average molecular weight is 348 g/mol. The molecule has 0 fully saturated rings. The van der Waals surface area contributed by atoms with Crippen LogP contribution < -0.4 is 10.6 Å². The molecule has 7 heteroatoms. The highest BCUT2D eigenvalue weighted by Gasteiger charge is 2.21. The van der Waals surface area contributed by atoms with E-state index in [2.05, 4.69) is 17.2 Å². The molecule has 1 unspecified atom stereocenters. The normalized spacial score (nSPS) is 11.5. The van der Waals surface area contributed by atoms with Crippen molar-refractivity contribution >= 4 is 17.5 Å². The van der Waals surface area contributed by atoms with Crippen LogP contribution in [0.15, 0.2) is 55.1 Å². The van der Waals surface area contributed by atoms with E-state index in [4.69, 9.17) is 0 Å². The number of nitrogens with one attached hydrogen (secondary N) is 2. The highest BCUT2D eigenvalue weighted by molar-refractivity contribution is 6.06. The third-order valence-electron chi connectivity index (χ3n) is 3.41. The zero-order valence-electron chi connectivity index (χ0n) is 13.1. The van der Waals surface area contributed by atoms with Gasteiger partial charge in [-0.05, 0) is 24.3 Å². The molecule has 130 valence electrons. The summed E-state index contributed by atoms with van der Waals surface area (Å²) < 4.78 is 40.1. The first-order valence-corrected chi connectivity index (χ1v) is 7.30. The number of rotatable bonds is 6. The topological polar surface area (TPSA) is 58.2 Å². The second-order valence-electron chi connectivity index (χ2n) is 5.09. The second-order valence-corrected chi connectivity index (χ2v) is 5.09. The van der Waals surface area contributed by atoms with Gasteiger partial charge in [-0.25, -0.2) is 13.2 Å². The number of carbonyl (C=O) groups is 2. The fraction of sp³-hybridized carbons (Fsp3) is 0.111. The molecule has 2 amide bonds. The highest BCUT2D eigenvalue weighted by atomic mass is 19.1. The van der Waals surface area contributed by atoms with Crippen molar-refractivity contribution in [3.05, 3.63) is 77.9 Å². The molecule has 25 heavy (non-hydrogen) atoms. The second kappa shape index (κ2) is 8.14. The lowest BCUT2D eigenvalue weighted by molar-refractivity contribution is -0.111. The van der Waals surface area contributed by atoms with Crippen molar-refractivity contribution in [3.63, 3.8) is 0 Å². The van der Waals surface area contributed by atoms with Crippen molar-refractivity contribution in [1.82, 2.24) is 5.32 Å². The molecule has 0 saturated carbocycles. The maximum Gasteiger partial charge on any atom is 0.253 e. The van der Waals surface area contributed by atoms with Gasteiger partial charge in [-0.15, -0.1) is 0 Å². The van der Waals surface area contributed by atoms with Gasteiger partial charge in [0.2, 0.25) is 5.91 Å². The van der Waals surface area contributed by atoms with Gasteiger partial charge in [0.25, 0.3) is 5.91 Å². The lowest BCUT2D eigenvalue weighted by Crippen LogP contribution is -2.31. The monoisotopic (exact) mass is 348 g/mol. The van der Waals surface area contributed by atoms with E-state index in [9.17, 15) is 22.8 Å². The highest BCUT2D eigenvalue weighted by Crippen LogP contribution is 2.21. The summed E-state index contributed by atoms with van der Waals surface area (Å²) in [5.41, 5.74) is 0.0885. The Morgan fingerprint density at radius 3 is 2.52 bits per heavy atom. The Morgan fingerprint density at radius 2 is 1.88 bits per heavy atom. The molecule has 2 aromatic carbocycles. The van der Waals surface area contributed by atoms with Crippen LogP contribution >= 0.6 is 0 Å². The molecular formula is C18H15F3N2O2. The largest absolute Gasteiger partial charge is 0.342 e. The molecule has 0 heterocycles. The Hall–Kier alpha value is -3.09. The van der Waals surface area contributed by atoms with Crippen LogP contribution in [-0.4, -0.2) is 18.5 Å². The van der Waals surface area contributed by atoms with Gasteiger partial charge in [-0.2, -0.15) is 0 Å². The molecule has 2 aromatic rings. The van der Waals surface area contributed by atoms with Gasteiger partial charge in [0, 0.05) is 11.6 Å². The van der Waals surface area contributed by atoms with Gasteiger partial charge < -0.3 is 10.6 Å². The summed E-state index contributed by atoms with van der Waals surface area (Å²) in [5.74, 6) is -3.00. The molecule has 0 aliphatic heterocycles. The first-order valence-electron chi connectivity index (χ1n) is 7.30. The maximum atomic E-state index is 13.8. The molecule has 2 rings (SSSR count). The predicted molar refractivity (Wildman–Crippen MR) is 87.8 cm³/mol. The van der Waals surface area contributed by atoms with Crippen molar-refractivity contribution in [1.29, 1.82) is 0 Å². The van der Waals surface area contributed by atoms with E-state index in [1.54, 1.807) is 12.1 Å². The van der Waals surface area contributed by atoms with Gasteiger partial charge in [-0.1, -0.05) is 24.8 Å². The van der Waals surface area contributed by atoms with Gasteiger partial charge in [0.15, 0.2) is 0 Å².